The lowest BCUT2D eigenvalue weighted by atomic mass is 9.83. The molecule has 4 heterocycles. The molecule has 12 unspecified atom stereocenters. The van der Waals surface area contributed by atoms with Gasteiger partial charge in [-0.2, -0.15) is 0 Å². The SMILES string of the molecule is CCCCCC(=O)OC1CC2CC(O)CC(CC(C)C=CC=CCC3OC(CC3C)C(O)CC3OC(=O)C1(O)C3OC(=O)CCC)O2. The Morgan fingerprint density at radius 3 is 2.30 bits per heavy atom. The molecule has 4 aliphatic rings. The van der Waals surface area contributed by atoms with Gasteiger partial charge in [0.25, 0.3) is 0 Å². The summed E-state index contributed by atoms with van der Waals surface area (Å²) >= 11 is 0. The zero-order valence-corrected chi connectivity index (χ0v) is 28.5. The van der Waals surface area contributed by atoms with Gasteiger partial charge in [-0.25, -0.2) is 4.79 Å². The van der Waals surface area contributed by atoms with Crippen molar-refractivity contribution in [2.45, 2.75) is 172 Å². The molecule has 0 saturated carbocycles. The number of rotatable bonds is 8. The fraction of sp³-hybridized carbons (Fsp3) is 0.806. The standard InChI is InChI=1S/C36H56O11/c1-5-7-9-15-33(40)46-31-20-26-19-24(37)18-25(43-26)16-22(3)13-10-8-11-14-28-23(4)17-29(44-28)27(38)21-30-34(47-32(39)12-6-2)36(31,42)35(41)45-30/h8,10-11,13,22-31,34,37-38,42H,5-7,9,12,14-21H2,1-4H3. The van der Waals surface area contributed by atoms with Crippen molar-refractivity contribution in [2.75, 3.05) is 0 Å². The average Bonchev–Trinajstić information content (AvgIpc) is 3.48. The zero-order chi connectivity index (χ0) is 34.1. The summed E-state index contributed by atoms with van der Waals surface area (Å²) < 4.78 is 30.0. The van der Waals surface area contributed by atoms with Gasteiger partial charge >= 0.3 is 17.9 Å². The van der Waals surface area contributed by atoms with Gasteiger partial charge in [0.15, 0.2) is 6.10 Å². The topological polar surface area (TPSA) is 158 Å². The molecule has 11 nitrogen and oxygen atoms in total. The van der Waals surface area contributed by atoms with E-state index in [0.29, 0.717) is 38.5 Å². The molecular formula is C36H56O11. The summed E-state index contributed by atoms with van der Waals surface area (Å²) in [7, 11) is 0. The number of fused-ring (bicyclic) bond motifs is 6. The van der Waals surface area contributed by atoms with E-state index in [1.807, 2.05) is 25.2 Å². The van der Waals surface area contributed by atoms with Crippen LogP contribution in [0, 0.1) is 11.8 Å². The Morgan fingerprint density at radius 1 is 0.851 bits per heavy atom. The summed E-state index contributed by atoms with van der Waals surface area (Å²) in [4.78, 5) is 39.8. The summed E-state index contributed by atoms with van der Waals surface area (Å²) in [6.45, 7) is 7.94. The van der Waals surface area contributed by atoms with Gasteiger partial charge in [0.2, 0.25) is 5.60 Å². The second kappa shape index (κ2) is 17.4. The van der Waals surface area contributed by atoms with E-state index in [4.69, 9.17) is 23.7 Å². The van der Waals surface area contributed by atoms with Gasteiger partial charge in [-0.05, 0) is 56.8 Å². The molecule has 3 saturated heterocycles. The van der Waals surface area contributed by atoms with Crippen LogP contribution >= 0.6 is 0 Å². The van der Waals surface area contributed by atoms with Crippen molar-refractivity contribution in [3.05, 3.63) is 24.3 Å². The lowest BCUT2D eigenvalue weighted by Crippen LogP contribution is -2.59. The lowest BCUT2D eigenvalue weighted by molar-refractivity contribution is -0.201. The quantitative estimate of drug-likeness (QED) is 0.194. The first-order valence-electron chi connectivity index (χ1n) is 17.8. The third kappa shape index (κ3) is 9.88. The van der Waals surface area contributed by atoms with Crippen LogP contribution in [-0.2, 0) is 38.1 Å². The van der Waals surface area contributed by atoms with E-state index in [9.17, 15) is 29.7 Å². The largest absolute Gasteiger partial charge is 0.458 e. The Labute approximate surface area is 279 Å². The molecule has 4 aliphatic heterocycles. The van der Waals surface area contributed by atoms with Gasteiger partial charge in [0.1, 0.15) is 12.2 Å². The van der Waals surface area contributed by atoms with Gasteiger partial charge in [0, 0.05) is 25.7 Å². The Bertz CT molecular complexity index is 1110. The minimum Gasteiger partial charge on any atom is -0.458 e. The number of hydrogen-bond acceptors (Lipinski definition) is 11. The second-order valence-electron chi connectivity index (χ2n) is 14.1. The third-order valence-corrected chi connectivity index (χ3v) is 9.93. The summed E-state index contributed by atoms with van der Waals surface area (Å²) in [6.07, 6.45) is 5.43. The maximum absolute atomic E-state index is 13.7. The molecule has 0 aromatic rings. The van der Waals surface area contributed by atoms with E-state index in [1.165, 1.54) is 0 Å². The van der Waals surface area contributed by atoms with E-state index in [0.717, 1.165) is 12.8 Å². The molecule has 266 valence electrons. The Morgan fingerprint density at radius 2 is 1.57 bits per heavy atom. The van der Waals surface area contributed by atoms with Crippen LogP contribution in [0.2, 0.25) is 0 Å². The predicted octanol–water partition coefficient (Wildman–Crippen LogP) is 4.23. The normalized spacial score (nSPS) is 39.6. The monoisotopic (exact) mass is 664 g/mol. The van der Waals surface area contributed by atoms with Gasteiger partial charge in [0.05, 0.1) is 36.6 Å². The minimum atomic E-state index is -2.57. The lowest BCUT2D eigenvalue weighted by Gasteiger charge is -2.39. The molecule has 6 bridgehead atoms. The van der Waals surface area contributed by atoms with Crippen LogP contribution in [0.3, 0.4) is 0 Å². The van der Waals surface area contributed by atoms with Gasteiger partial charge < -0.3 is 39.0 Å². The molecule has 4 rings (SSSR count). The van der Waals surface area contributed by atoms with Crippen LogP contribution in [0.5, 0.6) is 0 Å². The summed E-state index contributed by atoms with van der Waals surface area (Å²) in [5, 5.41) is 34.5. The number of allylic oxidation sites excluding steroid dienone is 3. The number of carbonyl (C=O) groups is 3. The fourth-order valence-electron chi connectivity index (χ4n) is 7.33. The van der Waals surface area contributed by atoms with E-state index in [-0.39, 0.29) is 56.1 Å². The van der Waals surface area contributed by atoms with Crippen molar-refractivity contribution in [2.24, 2.45) is 11.8 Å². The molecule has 11 heteroatoms. The highest BCUT2D eigenvalue weighted by Gasteiger charge is 2.65. The van der Waals surface area contributed by atoms with Crippen molar-refractivity contribution < 1.29 is 53.4 Å². The highest BCUT2D eigenvalue weighted by atomic mass is 16.6. The first-order valence-corrected chi connectivity index (χ1v) is 17.8. The van der Waals surface area contributed by atoms with Crippen LogP contribution < -0.4 is 0 Å². The molecule has 12 atom stereocenters. The highest BCUT2D eigenvalue weighted by Crippen LogP contribution is 2.41. The molecule has 3 fully saturated rings. The second-order valence-corrected chi connectivity index (χ2v) is 14.1. The average molecular weight is 665 g/mol. The van der Waals surface area contributed by atoms with Crippen LogP contribution in [0.15, 0.2) is 24.3 Å². The van der Waals surface area contributed by atoms with Gasteiger partial charge in [-0.3, -0.25) is 9.59 Å². The molecule has 47 heavy (non-hydrogen) atoms. The highest BCUT2D eigenvalue weighted by molar-refractivity contribution is 5.85. The Kier molecular flexibility index (Phi) is 13.9. The molecule has 0 spiro atoms. The molecular weight excluding hydrogens is 608 g/mol. The van der Waals surface area contributed by atoms with Crippen LogP contribution in [0.1, 0.15) is 111 Å². The van der Waals surface area contributed by atoms with E-state index in [2.05, 4.69) is 19.9 Å². The first kappa shape index (κ1) is 37.5. The van der Waals surface area contributed by atoms with Gasteiger partial charge in [-0.1, -0.05) is 64.8 Å². The summed E-state index contributed by atoms with van der Waals surface area (Å²) in [6, 6.07) is 0. The third-order valence-electron chi connectivity index (χ3n) is 9.93. The number of ether oxygens (including phenoxy) is 5. The summed E-state index contributed by atoms with van der Waals surface area (Å²) in [5.41, 5.74) is -2.57. The Hall–Kier alpha value is -2.31. The van der Waals surface area contributed by atoms with E-state index >= 15 is 0 Å². The molecule has 3 N–H and O–H groups in total. The smallest absolute Gasteiger partial charge is 0.346 e. The van der Waals surface area contributed by atoms with Crippen LogP contribution in [-0.4, -0.2) is 93.8 Å². The van der Waals surface area contributed by atoms with Gasteiger partial charge in [-0.15, -0.1) is 0 Å². The van der Waals surface area contributed by atoms with Crippen molar-refractivity contribution in [3.8, 4) is 0 Å². The minimum absolute atomic E-state index is 0.0300. The Balaban J connectivity index is 1.70. The van der Waals surface area contributed by atoms with Crippen molar-refractivity contribution >= 4 is 17.9 Å². The molecule has 0 amide bonds. The van der Waals surface area contributed by atoms with E-state index in [1.54, 1.807) is 6.92 Å². The van der Waals surface area contributed by atoms with E-state index < -0.39 is 66.2 Å². The number of esters is 3. The number of unbranched alkanes of at least 4 members (excludes halogenated alkanes) is 2. The number of aliphatic hydroxyl groups is 3. The molecule has 0 aromatic heterocycles. The predicted molar refractivity (Wildman–Crippen MR) is 172 cm³/mol. The van der Waals surface area contributed by atoms with Crippen molar-refractivity contribution in [3.63, 3.8) is 0 Å². The number of hydrogen-bond donors (Lipinski definition) is 3. The molecule has 0 aliphatic carbocycles. The first-order chi connectivity index (χ1) is 22.4. The number of carbonyl (C=O) groups excluding carboxylic acids is 3. The fourth-order valence-corrected chi connectivity index (χ4v) is 7.33. The van der Waals surface area contributed by atoms with Crippen molar-refractivity contribution in [1.82, 2.24) is 0 Å². The zero-order valence-electron chi connectivity index (χ0n) is 28.5. The summed E-state index contributed by atoms with van der Waals surface area (Å²) in [5.74, 6) is -2.07. The van der Waals surface area contributed by atoms with Crippen LogP contribution in [0.4, 0.5) is 0 Å². The number of aliphatic hydroxyl groups excluding tert-OH is 2. The maximum Gasteiger partial charge on any atom is 0.346 e. The molecule has 0 radical (unpaired) electrons. The molecule has 0 aromatic carbocycles. The maximum atomic E-state index is 13.7. The van der Waals surface area contributed by atoms with Crippen LogP contribution in [0.25, 0.3) is 0 Å². The van der Waals surface area contributed by atoms with Crippen molar-refractivity contribution in [1.29, 1.82) is 0 Å².